The fourth-order valence-corrected chi connectivity index (χ4v) is 9.17. The standard InChI is InChI=1S/C50H61NO10/c1-33-45(54-27-35-17-9-5-10-18-35)48(56-29-37-21-13-7-14-22-37)47(55-28-36-19-11-6-12-20-36)42(59-33)25-39-31-53-41(39)26-40-44(51-34(2)52)49(57-30-38-23-15-8-16-24-38)60-43-32-58-50(3,4)61-46(40)43/h5-24,33,39-49H,25-32H2,1-4H3,(H,51,52)/t33-,39-,40+,41+,42-,43+,44+,45+,46-,47+,48+,49-/m0/s1. The molecule has 0 aromatic heterocycles. The first-order valence-electron chi connectivity index (χ1n) is 21.8. The lowest BCUT2D eigenvalue weighted by molar-refractivity contribution is -0.367. The van der Waals surface area contributed by atoms with Crippen LogP contribution in [0.3, 0.4) is 0 Å². The Balaban J connectivity index is 1.04. The molecule has 0 saturated carbocycles. The second-order valence-corrected chi connectivity index (χ2v) is 17.3. The van der Waals surface area contributed by atoms with E-state index in [9.17, 15) is 4.79 Å². The molecule has 4 heterocycles. The number of rotatable bonds is 17. The lowest BCUT2D eigenvalue weighted by Crippen LogP contribution is -2.67. The van der Waals surface area contributed by atoms with E-state index in [2.05, 4.69) is 48.6 Å². The van der Waals surface area contributed by atoms with Gasteiger partial charge < -0.3 is 47.9 Å². The molecule has 4 aliphatic rings. The monoisotopic (exact) mass is 835 g/mol. The molecule has 4 fully saturated rings. The van der Waals surface area contributed by atoms with Crippen molar-refractivity contribution in [2.24, 2.45) is 11.8 Å². The topological polar surface area (TPSA) is 112 Å². The third kappa shape index (κ3) is 11.3. The van der Waals surface area contributed by atoms with Crippen molar-refractivity contribution in [1.82, 2.24) is 5.32 Å². The summed E-state index contributed by atoms with van der Waals surface area (Å²) in [6.07, 6.45) is -2.22. The van der Waals surface area contributed by atoms with Crippen LogP contribution in [0.2, 0.25) is 0 Å². The third-order valence-electron chi connectivity index (χ3n) is 12.3. The van der Waals surface area contributed by atoms with Gasteiger partial charge in [0.25, 0.3) is 0 Å². The van der Waals surface area contributed by atoms with Crippen LogP contribution in [0, 0.1) is 11.8 Å². The summed E-state index contributed by atoms with van der Waals surface area (Å²) in [7, 11) is 0. The summed E-state index contributed by atoms with van der Waals surface area (Å²) in [6, 6.07) is 40.1. The summed E-state index contributed by atoms with van der Waals surface area (Å²) in [4.78, 5) is 12.8. The first-order chi connectivity index (χ1) is 29.7. The summed E-state index contributed by atoms with van der Waals surface area (Å²) >= 11 is 0. The van der Waals surface area contributed by atoms with Gasteiger partial charge >= 0.3 is 0 Å². The Bertz CT molecular complexity index is 1940. The largest absolute Gasteiger partial charge is 0.377 e. The molecule has 4 aliphatic heterocycles. The number of nitrogens with one attached hydrogen (secondary N) is 1. The number of benzene rings is 4. The van der Waals surface area contributed by atoms with E-state index in [1.54, 1.807) is 0 Å². The minimum Gasteiger partial charge on any atom is -0.377 e. The first-order valence-corrected chi connectivity index (χ1v) is 21.8. The zero-order valence-corrected chi connectivity index (χ0v) is 35.7. The SMILES string of the molecule is CC(=O)N[C@H]1[C@@H](OCc2ccccc2)O[C@@H]2COC(C)(C)O[C@H]2[C@@H]1C[C@H]1OC[C@@H]1C[C@@H]1O[C@@H](C)[C@@H](OCc2ccccc2)[C@@H](OCc2ccccc2)[C@@H]1OCc1ccccc1. The van der Waals surface area contributed by atoms with Crippen LogP contribution < -0.4 is 5.32 Å². The van der Waals surface area contributed by atoms with Crippen molar-refractivity contribution in [2.75, 3.05) is 13.2 Å². The smallest absolute Gasteiger partial charge is 0.217 e. The van der Waals surface area contributed by atoms with Gasteiger partial charge in [-0.15, -0.1) is 0 Å². The van der Waals surface area contributed by atoms with Crippen LogP contribution >= 0.6 is 0 Å². The highest BCUT2D eigenvalue weighted by molar-refractivity contribution is 5.73. The van der Waals surface area contributed by atoms with E-state index < -0.39 is 42.5 Å². The van der Waals surface area contributed by atoms with E-state index >= 15 is 0 Å². The van der Waals surface area contributed by atoms with E-state index in [1.807, 2.05) is 98.8 Å². The van der Waals surface area contributed by atoms with Crippen LogP contribution in [-0.2, 0) is 73.9 Å². The molecule has 4 aromatic rings. The second-order valence-electron chi connectivity index (χ2n) is 17.3. The van der Waals surface area contributed by atoms with Crippen molar-refractivity contribution in [3.8, 4) is 0 Å². The summed E-state index contributed by atoms with van der Waals surface area (Å²) in [5, 5.41) is 3.19. The maximum absolute atomic E-state index is 12.8. The molecule has 4 aromatic carbocycles. The highest BCUT2D eigenvalue weighted by Gasteiger charge is 2.55. The van der Waals surface area contributed by atoms with Crippen LogP contribution in [0.5, 0.6) is 0 Å². The maximum Gasteiger partial charge on any atom is 0.217 e. The fraction of sp³-hybridized carbons (Fsp3) is 0.500. The molecular formula is C50H61NO10. The van der Waals surface area contributed by atoms with E-state index in [0.717, 1.165) is 22.3 Å². The number of hydrogen-bond donors (Lipinski definition) is 1. The van der Waals surface area contributed by atoms with Gasteiger partial charge in [-0.05, 0) is 55.9 Å². The molecule has 11 heteroatoms. The predicted molar refractivity (Wildman–Crippen MR) is 228 cm³/mol. The van der Waals surface area contributed by atoms with Gasteiger partial charge in [0.15, 0.2) is 12.1 Å². The van der Waals surface area contributed by atoms with Crippen LogP contribution in [0.1, 0.15) is 62.8 Å². The van der Waals surface area contributed by atoms with Crippen LogP contribution in [-0.4, -0.2) is 86.1 Å². The van der Waals surface area contributed by atoms with Crippen molar-refractivity contribution in [2.45, 2.75) is 134 Å². The number of carbonyl (C=O) groups is 1. The minimum atomic E-state index is -0.829. The second kappa shape index (κ2) is 20.4. The fourth-order valence-electron chi connectivity index (χ4n) is 9.17. The van der Waals surface area contributed by atoms with Gasteiger partial charge in [-0.25, -0.2) is 0 Å². The Hall–Kier alpha value is -4.01. The quantitative estimate of drug-likeness (QED) is 0.115. The van der Waals surface area contributed by atoms with Crippen molar-refractivity contribution in [3.63, 3.8) is 0 Å². The predicted octanol–water partition coefficient (Wildman–Crippen LogP) is 7.54. The number of carbonyl (C=O) groups excluding carboxylic acids is 1. The lowest BCUT2D eigenvalue weighted by atomic mass is 9.76. The molecule has 0 radical (unpaired) electrons. The number of amides is 1. The molecule has 326 valence electrons. The Morgan fingerprint density at radius 2 is 1.15 bits per heavy atom. The summed E-state index contributed by atoms with van der Waals surface area (Å²) in [5.74, 6) is -1.07. The zero-order chi connectivity index (χ0) is 42.2. The number of fused-ring (bicyclic) bond motifs is 1. The lowest BCUT2D eigenvalue weighted by Gasteiger charge is -2.53. The normalized spacial score (nSPS) is 32.0. The molecule has 0 unspecified atom stereocenters. The molecule has 0 bridgehead atoms. The van der Waals surface area contributed by atoms with Crippen molar-refractivity contribution in [1.29, 1.82) is 0 Å². The maximum atomic E-state index is 12.8. The van der Waals surface area contributed by atoms with Crippen LogP contribution in [0.15, 0.2) is 121 Å². The Morgan fingerprint density at radius 1 is 0.639 bits per heavy atom. The van der Waals surface area contributed by atoms with E-state index in [0.29, 0.717) is 52.5 Å². The molecule has 1 amide bonds. The van der Waals surface area contributed by atoms with Gasteiger partial charge in [-0.1, -0.05) is 121 Å². The zero-order valence-electron chi connectivity index (χ0n) is 35.7. The average molecular weight is 836 g/mol. The van der Waals surface area contributed by atoms with E-state index in [-0.39, 0.29) is 42.2 Å². The molecule has 4 saturated heterocycles. The molecule has 8 rings (SSSR count). The van der Waals surface area contributed by atoms with Gasteiger partial charge in [0.1, 0.15) is 24.4 Å². The molecule has 0 spiro atoms. The van der Waals surface area contributed by atoms with Gasteiger partial charge in [-0.3, -0.25) is 4.79 Å². The average Bonchev–Trinajstić information content (AvgIpc) is 3.26. The third-order valence-corrected chi connectivity index (χ3v) is 12.3. The van der Waals surface area contributed by atoms with Crippen molar-refractivity contribution >= 4 is 5.91 Å². The molecule has 12 atom stereocenters. The molecule has 11 nitrogen and oxygen atoms in total. The van der Waals surface area contributed by atoms with Crippen molar-refractivity contribution < 1.29 is 47.4 Å². The minimum absolute atomic E-state index is 0.132. The van der Waals surface area contributed by atoms with Gasteiger partial charge in [0.05, 0.1) is 70.1 Å². The summed E-state index contributed by atoms with van der Waals surface area (Å²) < 4.78 is 59.7. The molecule has 61 heavy (non-hydrogen) atoms. The number of ether oxygens (including phenoxy) is 9. The Labute approximate surface area is 360 Å². The Morgan fingerprint density at radius 3 is 1.66 bits per heavy atom. The number of hydrogen-bond acceptors (Lipinski definition) is 10. The highest BCUT2D eigenvalue weighted by atomic mass is 16.8. The van der Waals surface area contributed by atoms with Crippen LogP contribution in [0.4, 0.5) is 0 Å². The molecular weight excluding hydrogens is 775 g/mol. The molecule has 1 N–H and O–H groups in total. The summed E-state index contributed by atoms with van der Waals surface area (Å²) in [5.41, 5.74) is 4.22. The van der Waals surface area contributed by atoms with E-state index in [1.165, 1.54) is 6.92 Å². The van der Waals surface area contributed by atoms with Gasteiger partial charge in [-0.2, -0.15) is 0 Å². The molecule has 0 aliphatic carbocycles. The first kappa shape index (κ1) is 43.6. The highest BCUT2D eigenvalue weighted by Crippen LogP contribution is 2.43. The van der Waals surface area contributed by atoms with E-state index in [4.69, 9.17) is 42.6 Å². The van der Waals surface area contributed by atoms with Gasteiger partial charge in [0, 0.05) is 18.8 Å². The summed E-state index contributed by atoms with van der Waals surface area (Å²) in [6.45, 7) is 9.88. The Kier molecular flexibility index (Phi) is 14.6. The van der Waals surface area contributed by atoms with Gasteiger partial charge in [0.2, 0.25) is 5.91 Å². The van der Waals surface area contributed by atoms with Crippen molar-refractivity contribution in [3.05, 3.63) is 144 Å². The van der Waals surface area contributed by atoms with Crippen LogP contribution in [0.25, 0.3) is 0 Å².